The summed E-state index contributed by atoms with van der Waals surface area (Å²) >= 11 is 7.07. The van der Waals surface area contributed by atoms with Crippen LogP contribution in [0.3, 0.4) is 0 Å². The summed E-state index contributed by atoms with van der Waals surface area (Å²) in [4.78, 5) is 12.7. The number of rotatable bonds is 2. The van der Waals surface area contributed by atoms with Crippen LogP contribution >= 0.6 is 23.1 Å². The third-order valence-electron chi connectivity index (χ3n) is 2.58. The Morgan fingerprint density at radius 2 is 2.28 bits per heavy atom. The number of ketones is 1. The molecule has 0 bridgehead atoms. The van der Waals surface area contributed by atoms with E-state index < -0.39 is 0 Å². The zero-order valence-electron chi connectivity index (χ0n) is 9.31. The van der Waals surface area contributed by atoms with Crippen molar-refractivity contribution in [1.82, 2.24) is 9.59 Å². The molecule has 18 heavy (non-hydrogen) atoms. The number of halogens is 1. The number of aromatic nitrogens is 2. The van der Waals surface area contributed by atoms with Crippen LogP contribution in [-0.4, -0.2) is 15.4 Å². The molecule has 0 aliphatic carbocycles. The molecule has 2 aromatic heterocycles. The van der Waals surface area contributed by atoms with Crippen LogP contribution in [0.5, 0.6) is 0 Å². The molecule has 0 N–H and O–H groups in total. The number of hydrogen-bond donors (Lipinski definition) is 0. The molecular formula is C12H7ClN2O2S. The van der Waals surface area contributed by atoms with Crippen molar-refractivity contribution in [3.8, 4) is 0 Å². The first-order valence-electron chi connectivity index (χ1n) is 5.18. The molecule has 0 saturated carbocycles. The van der Waals surface area contributed by atoms with E-state index in [-0.39, 0.29) is 11.5 Å². The van der Waals surface area contributed by atoms with Crippen LogP contribution in [-0.2, 0) is 0 Å². The van der Waals surface area contributed by atoms with Gasteiger partial charge in [-0.3, -0.25) is 4.79 Å². The topological polar surface area (TPSA) is 56.0 Å². The molecule has 0 aliphatic heterocycles. The van der Waals surface area contributed by atoms with E-state index in [4.69, 9.17) is 16.0 Å². The van der Waals surface area contributed by atoms with Gasteiger partial charge < -0.3 is 4.42 Å². The van der Waals surface area contributed by atoms with Gasteiger partial charge in [0.15, 0.2) is 11.3 Å². The quantitative estimate of drug-likeness (QED) is 0.674. The summed E-state index contributed by atoms with van der Waals surface area (Å²) in [5.74, 6) is 0.0435. The zero-order valence-corrected chi connectivity index (χ0v) is 10.9. The maximum Gasteiger partial charge on any atom is 0.241 e. The van der Waals surface area contributed by atoms with Crippen LogP contribution < -0.4 is 0 Å². The van der Waals surface area contributed by atoms with Crippen LogP contribution in [0.2, 0.25) is 5.02 Å². The second-order valence-electron chi connectivity index (χ2n) is 3.79. The number of aryl methyl sites for hydroxylation is 1. The highest BCUT2D eigenvalue weighted by molar-refractivity contribution is 7.08. The second kappa shape index (κ2) is 4.19. The first-order valence-corrected chi connectivity index (χ1v) is 6.33. The van der Waals surface area contributed by atoms with Gasteiger partial charge in [0.2, 0.25) is 5.78 Å². The van der Waals surface area contributed by atoms with Crippen LogP contribution in [0.25, 0.3) is 11.0 Å². The monoisotopic (exact) mass is 278 g/mol. The van der Waals surface area contributed by atoms with Crippen LogP contribution in [0.15, 0.2) is 28.7 Å². The summed E-state index contributed by atoms with van der Waals surface area (Å²) in [6.45, 7) is 1.74. The summed E-state index contributed by atoms with van der Waals surface area (Å²) in [5.41, 5.74) is 1.13. The van der Waals surface area contributed by atoms with E-state index in [9.17, 15) is 4.79 Å². The number of carbonyl (C=O) groups is 1. The van der Waals surface area contributed by atoms with E-state index in [1.807, 2.05) is 12.1 Å². The van der Waals surface area contributed by atoms with Crippen molar-refractivity contribution in [2.24, 2.45) is 0 Å². The van der Waals surface area contributed by atoms with Gasteiger partial charge in [-0.2, -0.15) is 0 Å². The van der Waals surface area contributed by atoms with Crippen molar-refractivity contribution in [2.45, 2.75) is 6.92 Å². The molecule has 1 aromatic carbocycles. The molecule has 0 amide bonds. The summed E-state index contributed by atoms with van der Waals surface area (Å²) in [5, 5.41) is 5.11. The smallest absolute Gasteiger partial charge is 0.241 e. The highest BCUT2D eigenvalue weighted by atomic mass is 35.5. The Morgan fingerprint density at radius 1 is 1.44 bits per heavy atom. The lowest BCUT2D eigenvalue weighted by atomic mass is 10.2. The molecule has 4 nitrogen and oxygen atoms in total. The number of furan rings is 1. The molecule has 2 heterocycles. The largest absolute Gasteiger partial charge is 0.451 e. The van der Waals surface area contributed by atoms with E-state index in [0.29, 0.717) is 21.2 Å². The van der Waals surface area contributed by atoms with Gasteiger partial charge in [0, 0.05) is 5.39 Å². The fourth-order valence-electron chi connectivity index (χ4n) is 1.69. The molecule has 3 rings (SSSR count). The van der Waals surface area contributed by atoms with Crippen molar-refractivity contribution >= 4 is 39.9 Å². The maximum atomic E-state index is 12.2. The number of hydrogen-bond acceptors (Lipinski definition) is 5. The Kier molecular flexibility index (Phi) is 2.65. The molecule has 0 radical (unpaired) electrons. The Morgan fingerprint density at radius 3 is 2.94 bits per heavy atom. The molecule has 0 fully saturated rings. The minimum atomic E-state index is -0.213. The van der Waals surface area contributed by atoms with E-state index in [1.165, 1.54) is 0 Å². The van der Waals surface area contributed by atoms with Crippen molar-refractivity contribution in [2.75, 3.05) is 0 Å². The van der Waals surface area contributed by atoms with Gasteiger partial charge in [-0.25, -0.2) is 0 Å². The molecule has 6 heteroatoms. The number of nitrogens with zero attached hydrogens (tertiary/aromatic N) is 2. The van der Waals surface area contributed by atoms with Gasteiger partial charge in [-0.1, -0.05) is 28.2 Å². The fourth-order valence-corrected chi connectivity index (χ4v) is 2.51. The number of para-hydroxylation sites is 1. The average Bonchev–Trinajstić information content (AvgIpc) is 2.95. The minimum absolute atomic E-state index is 0.213. The Balaban J connectivity index is 2.13. The highest BCUT2D eigenvalue weighted by Crippen LogP contribution is 2.28. The predicted octanol–water partition coefficient (Wildman–Crippen LogP) is 3.48. The van der Waals surface area contributed by atoms with Gasteiger partial charge in [-0.05, 0) is 30.6 Å². The molecule has 0 saturated heterocycles. The third kappa shape index (κ3) is 1.72. The zero-order chi connectivity index (χ0) is 12.7. The highest BCUT2D eigenvalue weighted by Gasteiger charge is 2.20. The van der Waals surface area contributed by atoms with E-state index in [2.05, 4.69) is 9.59 Å². The standard InChI is InChI=1S/C12H7ClN2O2S/c1-6-12(18-15-14-6)10(16)9-5-7-3-2-4-8(13)11(7)17-9/h2-5H,1H3. The SMILES string of the molecule is Cc1nnsc1C(=O)c1cc2cccc(Cl)c2o1. The molecule has 0 unspecified atom stereocenters. The summed E-state index contributed by atoms with van der Waals surface area (Å²) < 4.78 is 9.25. The minimum Gasteiger partial charge on any atom is -0.451 e. The first-order chi connectivity index (χ1) is 8.66. The first kappa shape index (κ1) is 11.4. The Hall–Kier alpha value is -1.72. The van der Waals surface area contributed by atoms with Crippen molar-refractivity contribution in [1.29, 1.82) is 0 Å². The third-order valence-corrected chi connectivity index (χ3v) is 3.70. The van der Waals surface area contributed by atoms with Gasteiger partial charge in [0.25, 0.3) is 0 Å². The average molecular weight is 279 g/mol. The fraction of sp³-hybridized carbons (Fsp3) is 0.0833. The summed E-state index contributed by atoms with van der Waals surface area (Å²) in [6, 6.07) is 7.07. The van der Waals surface area contributed by atoms with Crippen molar-refractivity contribution in [3.63, 3.8) is 0 Å². The summed E-state index contributed by atoms with van der Waals surface area (Å²) in [6.07, 6.45) is 0. The van der Waals surface area contributed by atoms with Gasteiger partial charge in [0.1, 0.15) is 4.88 Å². The van der Waals surface area contributed by atoms with E-state index in [1.54, 1.807) is 19.1 Å². The van der Waals surface area contributed by atoms with Crippen molar-refractivity contribution < 1.29 is 9.21 Å². The van der Waals surface area contributed by atoms with Crippen molar-refractivity contribution in [3.05, 3.63) is 45.6 Å². The molecule has 0 spiro atoms. The lowest BCUT2D eigenvalue weighted by molar-refractivity contribution is 0.101. The molecule has 0 atom stereocenters. The number of carbonyl (C=O) groups excluding carboxylic acids is 1. The van der Waals surface area contributed by atoms with Gasteiger partial charge >= 0.3 is 0 Å². The van der Waals surface area contributed by atoms with Gasteiger partial charge in [0.05, 0.1) is 10.7 Å². The normalized spacial score (nSPS) is 11.0. The second-order valence-corrected chi connectivity index (χ2v) is 4.95. The molecular weight excluding hydrogens is 272 g/mol. The molecule has 90 valence electrons. The molecule has 0 aliphatic rings. The number of fused-ring (bicyclic) bond motifs is 1. The van der Waals surface area contributed by atoms with E-state index >= 15 is 0 Å². The number of benzene rings is 1. The lowest BCUT2D eigenvalue weighted by Gasteiger charge is -1.92. The Bertz CT molecular complexity index is 747. The molecule has 3 aromatic rings. The Labute approximate surface area is 111 Å². The van der Waals surface area contributed by atoms with E-state index in [0.717, 1.165) is 16.9 Å². The van der Waals surface area contributed by atoms with Crippen LogP contribution in [0.1, 0.15) is 21.1 Å². The predicted molar refractivity (Wildman–Crippen MR) is 69.3 cm³/mol. The lowest BCUT2D eigenvalue weighted by Crippen LogP contribution is -1.98. The maximum absolute atomic E-state index is 12.2. The summed E-state index contributed by atoms with van der Waals surface area (Å²) in [7, 11) is 0. The van der Waals surface area contributed by atoms with Crippen LogP contribution in [0, 0.1) is 6.92 Å². The van der Waals surface area contributed by atoms with Gasteiger partial charge in [-0.15, -0.1) is 5.10 Å². The van der Waals surface area contributed by atoms with Crippen LogP contribution in [0.4, 0.5) is 0 Å².